The quantitative estimate of drug-likeness (QED) is 0.870. The maximum Gasteiger partial charge on any atom is 0.253 e. The molecule has 0 saturated heterocycles. The number of hydrogen-bond acceptors (Lipinski definition) is 2. The van der Waals surface area contributed by atoms with Crippen LogP contribution in [0.3, 0.4) is 0 Å². The van der Waals surface area contributed by atoms with Gasteiger partial charge in [-0.3, -0.25) is 4.79 Å². The standard InChI is InChI=1S/C13H19FN2O/c1-13(2,8-15)9-16(3)12(17)10-4-6-11(14)7-5-10/h4-7H,8-9,15H2,1-3H3. The van der Waals surface area contributed by atoms with Crippen LogP contribution in [0.5, 0.6) is 0 Å². The summed E-state index contributed by atoms with van der Waals surface area (Å²) in [6.07, 6.45) is 0. The Balaban J connectivity index is 2.73. The van der Waals surface area contributed by atoms with Gasteiger partial charge in [0.1, 0.15) is 5.82 Å². The second kappa shape index (κ2) is 5.27. The van der Waals surface area contributed by atoms with Crippen LogP contribution >= 0.6 is 0 Å². The first-order valence-corrected chi connectivity index (χ1v) is 5.57. The van der Waals surface area contributed by atoms with Gasteiger partial charge >= 0.3 is 0 Å². The molecule has 17 heavy (non-hydrogen) atoms. The molecule has 1 rings (SSSR count). The molecular weight excluding hydrogens is 219 g/mol. The van der Waals surface area contributed by atoms with Gasteiger partial charge in [0.25, 0.3) is 5.91 Å². The fraction of sp³-hybridized carbons (Fsp3) is 0.462. The van der Waals surface area contributed by atoms with Crippen molar-refractivity contribution in [3.63, 3.8) is 0 Å². The average molecular weight is 238 g/mol. The molecular formula is C13H19FN2O. The zero-order chi connectivity index (χ0) is 13.1. The first-order valence-electron chi connectivity index (χ1n) is 5.57. The Bertz CT molecular complexity index is 387. The van der Waals surface area contributed by atoms with E-state index in [0.717, 1.165) is 0 Å². The number of halogens is 1. The third-order valence-electron chi connectivity index (χ3n) is 2.66. The highest BCUT2D eigenvalue weighted by Crippen LogP contribution is 2.15. The van der Waals surface area contributed by atoms with E-state index in [1.165, 1.54) is 24.3 Å². The summed E-state index contributed by atoms with van der Waals surface area (Å²) in [5.74, 6) is -0.460. The van der Waals surface area contributed by atoms with Crippen molar-refractivity contribution >= 4 is 5.91 Å². The van der Waals surface area contributed by atoms with E-state index in [4.69, 9.17) is 5.73 Å². The van der Waals surface area contributed by atoms with E-state index in [1.807, 2.05) is 13.8 Å². The molecule has 1 aromatic rings. The zero-order valence-corrected chi connectivity index (χ0v) is 10.5. The molecule has 2 N–H and O–H groups in total. The van der Waals surface area contributed by atoms with Crippen LogP contribution in [-0.4, -0.2) is 30.9 Å². The van der Waals surface area contributed by atoms with Gasteiger partial charge in [0.15, 0.2) is 0 Å². The molecule has 0 aliphatic carbocycles. The van der Waals surface area contributed by atoms with Gasteiger partial charge in [-0.25, -0.2) is 4.39 Å². The Kier molecular flexibility index (Phi) is 4.23. The number of carbonyl (C=O) groups is 1. The van der Waals surface area contributed by atoms with Crippen molar-refractivity contribution in [3.05, 3.63) is 35.6 Å². The number of benzene rings is 1. The van der Waals surface area contributed by atoms with E-state index in [0.29, 0.717) is 18.7 Å². The van der Waals surface area contributed by atoms with Gasteiger partial charge in [-0.1, -0.05) is 13.8 Å². The fourth-order valence-corrected chi connectivity index (χ4v) is 1.59. The normalized spacial score (nSPS) is 11.4. The summed E-state index contributed by atoms with van der Waals surface area (Å²) in [5, 5.41) is 0. The number of rotatable bonds is 4. The summed E-state index contributed by atoms with van der Waals surface area (Å²) in [6.45, 7) is 5.08. The Hall–Kier alpha value is -1.42. The van der Waals surface area contributed by atoms with E-state index in [2.05, 4.69) is 0 Å². The first-order chi connectivity index (χ1) is 7.85. The second-order valence-corrected chi connectivity index (χ2v) is 5.04. The Morgan fingerprint density at radius 1 is 1.35 bits per heavy atom. The molecule has 0 radical (unpaired) electrons. The molecule has 1 amide bonds. The fourth-order valence-electron chi connectivity index (χ4n) is 1.59. The predicted molar refractivity (Wildman–Crippen MR) is 66.2 cm³/mol. The lowest BCUT2D eigenvalue weighted by Crippen LogP contribution is -2.39. The highest BCUT2D eigenvalue weighted by molar-refractivity contribution is 5.94. The summed E-state index contributed by atoms with van der Waals surface area (Å²) in [5.41, 5.74) is 5.99. The van der Waals surface area contributed by atoms with Crippen molar-refractivity contribution in [2.75, 3.05) is 20.1 Å². The molecule has 0 heterocycles. The lowest BCUT2D eigenvalue weighted by Gasteiger charge is -2.29. The lowest BCUT2D eigenvalue weighted by atomic mass is 9.93. The van der Waals surface area contributed by atoms with Crippen LogP contribution < -0.4 is 5.73 Å². The Morgan fingerprint density at radius 2 is 1.88 bits per heavy atom. The monoisotopic (exact) mass is 238 g/mol. The molecule has 0 fully saturated rings. The number of carbonyl (C=O) groups excluding carboxylic acids is 1. The van der Waals surface area contributed by atoms with Crippen molar-refractivity contribution in [1.82, 2.24) is 4.90 Å². The average Bonchev–Trinajstić information content (AvgIpc) is 2.28. The maximum absolute atomic E-state index is 12.7. The van der Waals surface area contributed by atoms with Gasteiger partial charge in [-0.15, -0.1) is 0 Å². The van der Waals surface area contributed by atoms with Gasteiger partial charge in [-0.05, 0) is 36.2 Å². The molecule has 1 aromatic carbocycles. The van der Waals surface area contributed by atoms with Crippen LogP contribution in [0, 0.1) is 11.2 Å². The van der Waals surface area contributed by atoms with Crippen LogP contribution in [0.2, 0.25) is 0 Å². The number of nitrogens with zero attached hydrogens (tertiary/aromatic N) is 1. The van der Waals surface area contributed by atoms with Crippen LogP contribution in [0.25, 0.3) is 0 Å². The number of nitrogens with two attached hydrogens (primary N) is 1. The van der Waals surface area contributed by atoms with Crippen molar-refractivity contribution < 1.29 is 9.18 Å². The third-order valence-corrected chi connectivity index (χ3v) is 2.66. The van der Waals surface area contributed by atoms with Crippen LogP contribution in [0.15, 0.2) is 24.3 Å². The molecule has 0 bridgehead atoms. The molecule has 0 spiro atoms. The minimum absolute atomic E-state index is 0.119. The van der Waals surface area contributed by atoms with Gasteiger partial charge in [0.2, 0.25) is 0 Å². The van der Waals surface area contributed by atoms with Gasteiger partial charge < -0.3 is 10.6 Å². The number of amides is 1. The molecule has 0 aliphatic heterocycles. The zero-order valence-electron chi connectivity index (χ0n) is 10.5. The topological polar surface area (TPSA) is 46.3 Å². The largest absolute Gasteiger partial charge is 0.341 e. The van der Waals surface area contributed by atoms with E-state index in [1.54, 1.807) is 11.9 Å². The smallest absolute Gasteiger partial charge is 0.253 e. The van der Waals surface area contributed by atoms with Gasteiger partial charge in [-0.2, -0.15) is 0 Å². The van der Waals surface area contributed by atoms with Crippen molar-refractivity contribution in [3.8, 4) is 0 Å². The van der Waals surface area contributed by atoms with E-state index >= 15 is 0 Å². The summed E-state index contributed by atoms with van der Waals surface area (Å²) in [7, 11) is 1.73. The van der Waals surface area contributed by atoms with Crippen LogP contribution in [0.4, 0.5) is 4.39 Å². The molecule has 4 heteroatoms. The van der Waals surface area contributed by atoms with Crippen LogP contribution in [0.1, 0.15) is 24.2 Å². The molecule has 0 aromatic heterocycles. The molecule has 94 valence electrons. The molecule has 0 atom stereocenters. The van der Waals surface area contributed by atoms with E-state index in [-0.39, 0.29) is 17.1 Å². The molecule has 0 aliphatic rings. The number of hydrogen-bond donors (Lipinski definition) is 1. The minimum Gasteiger partial charge on any atom is -0.341 e. The molecule has 0 unspecified atom stereocenters. The lowest BCUT2D eigenvalue weighted by molar-refractivity contribution is 0.0740. The third kappa shape index (κ3) is 3.82. The van der Waals surface area contributed by atoms with Crippen molar-refractivity contribution in [2.24, 2.45) is 11.1 Å². The Labute approximate surface area is 101 Å². The SMILES string of the molecule is CN(CC(C)(C)CN)C(=O)c1ccc(F)cc1. The van der Waals surface area contributed by atoms with Crippen LogP contribution in [-0.2, 0) is 0 Å². The van der Waals surface area contributed by atoms with Gasteiger partial charge in [0.05, 0.1) is 0 Å². The first kappa shape index (κ1) is 13.6. The predicted octanol–water partition coefficient (Wildman–Crippen LogP) is 1.88. The minimum atomic E-state index is -0.341. The van der Waals surface area contributed by atoms with Gasteiger partial charge in [0, 0.05) is 19.2 Å². The maximum atomic E-state index is 12.7. The summed E-state index contributed by atoms with van der Waals surface area (Å²) < 4.78 is 12.7. The molecule has 0 saturated carbocycles. The summed E-state index contributed by atoms with van der Waals surface area (Å²) in [6, 6.07) is 5.55. The van der Waals surface area contributed by atoms with E-state index in [9.17, 15) is 9.18 Å². The van der Waals surface area contributed by atoms with Crippen molar-refractivity contribution in [2.45, 2.75) is 13.8 Å². The molecule has 3 nitrogen and oxygen atoms in total. The second-order valence-electron chi connectivity index (χ2n) is 5.04. The summed E-state index contributed by atoms with van der Waals surface area (Å²) in [4.78, 5) is 13.6. The van der Waals surface area contributed by atoms with E-state index < -0.39 is 0 Å². The van der Waals surface area contributed by atoms with Crippen molar-refractivity contribution in [1.29, 1.82) is 0 Å². The summed E-state index contributed by atoms with van der Waals surface area (Å²) >= 11 is 0. The highest BCUT2D eigenvalue weighted by atomic mass is 19.1. The highest BCUT2D eigenvalue weighted by Gasteiger charge is 2.21. The Morgan fingerprint density at radius 3 is 2.35 bits per heavy atom.